The van der Waals surface area contributed by atoms with Gasteiger partial charge in [-0.25, -0.2) is 17.5 Å². The number of hydrogen-bond acceptors (Lipinski definition) is 4. The first kappa shape index (κ1) is 17.6. The number of rotatable bonds is 6. The summed E-state index contributed by atoms with van der Waals surface area (Å²) in [7, 11) is -2.50. The zero-order valence-corrected chi connectivity index (χ0v) is 12.7. The highest BCUT2D eigenvalue weighted by atomic mass is 32.2. The molecule has 0 saturated carbocycles. The van der Waals surface area contributed by atoms with E-state index in [1.54, 1.807) is 6.92 Å². The Morgan fingerprint density at radius 1 is 1.48 bits per heavy atom. The largest absolute Gasteiger partial charge is 0.384 e. The molecule has 0 radical (unpaired) electrons. The molecular weight excluding hydrogens is 297 g/mol. The van der Waals surface area contributed by atoms with Crippen LogP contribution in [0.4, 0.5) is 4.39 Å². The van der Waals surface area contributed by atoms with Gasteiger partial charge in [0.05, 0.1) is 6.61 Å². The van der Waals surface area contributed by atoms with Gasteiger partial charge in [-0.3, -0.25) is 0 Å². The molecule has 7 heteroatoms. The van der Waals surface area contributed by atoms with Crippen molar-refractivity contribution in [3.63, 3.8) is 0 Å². The number of ether oxygens (including phenoxy) is 1. The third-order valence-electron chi connectivity index (χ3n) is 2.72. The van der Waals surface area contributed by atoms with Crippen LogP contribution in [0.15, 0.2) is 23.1 Å². The van der Waals surface area contributed by atoms with Crippen molar-refractivity contribution in [3.05, 3.63) is 29.6 Å². The van der Waals surface area contributed by atoms with Crippen LogP contribution in [0, 0.1) is 17.7 Å². The third kappa shape index (κ3) is 5.10. The second-order valence-electron chi connectivity index (χ2n) is 4.29. The maximum absolute atomic E-state index is 13.9. The van der Waals surface area contributed by atoms with Crippen molar-refractivity contribution in [1.29, 1.82) is 0 Å². The predicted molar refractivity (Wildman–Crippen MR) is 76.6 cm³/mol. The van der Waals surface area contributed by atoms with Crippen LogP contribution < -0.4 is 4.72 Å². The van der Waals surface area contributed by atoms with Crippen LogP contribution in [-0.2, 0) is 14.8 Å². The topological polar surface area (TPSA) is 75.6 Å². The number of aliphatic hydroxyl groups is 1. The van der Waals surface area contributed by atoms with Gasteiger partial charge in [0.1, 0.15) is 17.3 Å². The zero-order chi connectivity index (χ0) is 15.9. The third-order valence-corrected chi connectivity index (χ3v) is 4.27. The Labute approximate surface area is 124 Å². The minimum absolute atomic E-state index is 0.206. The van der Waals surface area contributed by atoms with E-state index in [1.807, 2.05) is 0 Å². The number of aliphatic hydroxyl groups excluding tert-OH is 1. The Morgan fingerprint density at radius 3 is 2.71 bits per heavy atom. The highest BCUT2D eigenvalue weighted by Crippen LogP contribution is 2.16. The zero-order valence-electron chi connectivity index (χ0n) is 11.9. The molecular formula is C14H18FNO4S. The van der Waals surface area contributed by atoms with Crippen LogP contribution in [0.1, 0.15) is 18.9 Å². The van der Waals surface area contributed by atoms with Gasteiger partial charge < -0.3 is 9.84 Å². The first-order chi connectivity index (χ1) is 9.94. The molecule has 0 fully saturated rings. The minimum Gasteiger partial charge on any atom is -0.384 e. The summed E-state index contributed by atoms with van der Waals surface area (Å²) < 4.78 is 45.5. The lowest BCUT2D eigenvalue weighted by atomic mass is 10.2. The van der Waals surface area contributed by atoms with Crippen molar-refractivity contribution >= 4 is 10.0 Å². The van der Waals surface area contributed by atoms with Crippen molar-refractivity contribution in [3.8, 4) is 11.8 Å². The highest BCUT2D eigenvalue weighted by Gasteiger charge is 2.22. The van der Waals surface area contributed by atoms with Crippen molar-refractivity contribution < 1.29 is 22.7 Å². The van der Waals surface area contributed by atoms with Crippen LogP contribution in [0.3, 0.4) is 0 Å². The van der Waals surface area contributed by atoms with Gasteiger partial charge in [0.25, 0.3) is 0 Å². The molecule has 1 unspecified atom stereocenters. The van der Waals surface area contributed by atoms with Crippen LogP contribution in [0.2, 0.25) is 0 Å². The first-order valence-corrected chi connectivity index (χ1v) is 7.83. The normalized spacial score (nSPS) is 12.6. The quantitative estimate of drug-likeness (QED) is 0.764. The van der Waals surface area contributed by atoms with Gasteiger partial charge in [-0.1, -0.05) is 18.8 Å². The molecule has 0 saturated heterocycles. The molecule has 1 aromatic rings. The average molecular weight is 315 g/mol. The Bertz CT molecular complexity index is 634. The van der Waals surface area contributed by atoms with Crippen molar-refractivity contribution in [2.24, 2.45) is 0 Å². The first-order valence-electron chi connectivity index (χ1n) is 6.35. The monoisotopic (exact) mass is 315 g/mol. The Hall–Kier alpha value is -1.46. The highest BCUT2D eigenvalue weighted by molar-refractivity contribution is 7.89. The summed E-state index contributed by atoms with van der Waals surface area (Å²) in [6.45, 7) is 1.66. The molecule has 0 aromatic heterocycles. The maximum atomic E-state index is 13.9. The molecule has 0 heterocycles. The lowest BCUT2D eigenvalue weighted by Crippen LogP contribution is -2.37. The number of halogens is 1. The molecule has 2 N–H and O–H groups in total. The summed E-state index contributed by atoms with van der Waals surface area (Å²) in [4.78, 5) is -0.438. The molecule has 1 rings (SSSR count). The van der Waals surface area contributed by atoms with E-state index in [-0.39, 0.29) is 13.2 Å². The summed E-state index contributed by atoms with van der Waals surface area (Å²) >= 11 is 0. The Morgan fingerprint density at radius 2 is 2.19 bits per heavy atom. The fourth-order valence-corrected chi connectivity index (χ4v) is 3.02. The predicted octanol–water partition coefficient (Wildman–Crippen LogP) is 0.873. The summed E-state index contributed by atoms with van der Waals surface area (Å²) in [5.41, 5.74) is 0.296. The Kier molecular flexibility index (Phi) is 6.78. The molecule has 0 aliphatic rings. The van der Waals surface area contributed by atoms with E-state index in [4.69, 9.17) is 9.84 Å². The number of benzene rings is 1. The van der Waals surface area contributed by atoms with Crippen LogP contribution in [0.5, 0.6) is 0 Å². The van der Waals surface area contributed by atoms with E-state index >= 15 is 0 Å². The summed E-state index contributed by atoms with van der Waals surface area (Å²) in [5.74, 6) is 3.99. The van der Waals surface area contributed by atoms with Crippen molar-refractivity contribution in [2.75, 3.05) is 20.3 Å². The van der Waals surface area contributed by atoms with E-state index < -0.39 is 26.8 Å². The summed E-state index contributed by atoms with van der Waals surface area (Å²) in [5, 5.41) is 8.57. The average Bonchev–Trinajstić information content (AvgIpc) is 2.44. The molecule has 0 aliphatic carbocycles. The van der Waals surface area contributed by atoms with E-state index in [1.165, 1.54) is 13.2 Å². The van der Waals surface area contributed by atoms with Gasteiger partial charge >= 0.3 is 0 Å². The van der Waals surface area contributed by atoms with E-state index in [9.17, 15) is 12.8 Å². The van der Waals surface area contributed by atoms with Crippen molar-refractivity contribution in [1.82, 2.24) is 4.72 Å². The molecule has 5 nitrogen and oxygen atoms in total. The van der Waals surface area contributed by atoms with Gasteiger partial charge in [0, 0.05) is 18.7 Å². The molecule has 116 valence electrons. The number of nitrogens with one attached hydrogen (secondary N) is 1. The summed E-state index contributed by atoms with van der Waals surface area (Å²) in [6.07, 6.45) is 0.523. The van der Waals surface area contributed by atoms with E-state index in [2.05, 4.69) is 16.6 Å². The minimum atomic E-state index is -3.96. The number of methoxy groups -OCH3 is 1. The van der Waals surface area contributed by atoms with Gasteiger partial charge in [-0.15, -0.1) is 0 Å². The second-order valence-corrected chi connectivity index (χ2v) is 5.97. The molecule has 1 atom stereocenters. The van der Waals surface area contributed by atoms with Crippen LogP contribution in [-0.4, -0.2) is 39.9 Å². The summed E-state index contributed by atoms with van der Waals surface area (Å²) in [6, 6.07) is 3.14. The Balaban J connectivity index is 3.03. The molecule has 0 spiro atoms. The molecule has 0 aliphatic heterocycles. The second kappa shape index (κ2) is 8.10. The van der Waals surface area contributed by atoms with E-state index in [0.29, 0.717) is 12.0 Å². The lowest BCUT2D eigenvalue weighted by molar-refractivity contribution is 0.173. The number of sulfonamides is 1. The van der Waals surface area contributed by atoms with Crippen molar-refractivity contribution in [2.45, 2.75) is 24.3 Å². The fourth-order valence-electron chi connectivity index (χ4n) is 1.66. The fraction of sp³-hybridized carbons (Fsp3) is 0.429. The lowest BCUT2D eigenvalue weighted by Gasteiger charge is -2.16. The maximum Gasteiger partial charge on any atom is 0.243 e. The van der Waals surface area contributed by atoms with Crippen LogP contribution in [0.25, 0.3) is 0 Å². The van der Waals surface area contributed by atoms with Gasteiger partial charge in [0.2, 0.25) is 10.0 Å². The molecule has 1 aromatic carbocycles. The standard InChI is InChI=1S/C14H18FNO4S/c1-3-12(10-20-2)16-21(18,19)14-7-6-11(5-4-8-17)9-13(14)15/h6-7,9,12,16-17H,3,8,10H2,1-2H3. The SMILES string of the molecule is CCC(COC)NS(=O)(=O)c1ccc(C#CCO)cc1F. The molecule has 21 heavy (non-hydrogen) atoms. The van der Waals surface area contributed by atoms with E-state index in [0.717, 1.165) is 12.1 Å². The van der Waals surface area contributed by atoms with Gasteiger partial charge in [0.15, 0.2) is 0 Å². The molecule has 0 amide bonds. The van der Waals surface area contributed by atoms with Crippen LogP contribution >= 0.6 is 0 Å². The molecule has 0 bridgehead atoms. The smallest absolute Gasteiger partial charge is 0.243 e. The van der Waals surface area contributed by atoms with Gasteiger partial charge in [-0.2, -0.15) is 0 Å². The number of hydrogen-bond donors (Lipinski definition) is 2. The van der Waals surface area contributed by atoms with Gasteiger partial charge in [-0.05, 0) is 24.6 Å².